The van der Waals surface area contributed by atoms with E-state index in [4.69, 9.17) is 0 Å². The van der Waals surface area contributed by atoms with Gasteiger partial charge in [0, 0.05) is 17.5 Å². The minimum absolute atomic E-state index is 0.258. The van der Waals surface area contributed by atoms with E-state index in [0.717, 1.165) is 24.5 Å². The van der Waals surface area contributed by atoms with Gasteiger partial charge in [-0.25, -0.2) is 8.42 Å². The largest absolute Gasteiger partial charge is 0.313 e. The third kappa shape index (κ3) is 9.20. The summed E-state index contributed by atoms with van der Waals surface area (Å²) < 4.78 is 22.4. The first-order valence-electron chi connectivity index (χ1n) is 5.53. The van der Waals surface area contributed by atoms with Crippen molar-refractivity contribution in [1.29, 1.82) is 0 Å². The average molecular weight is 253 g/mol. The maximum absolute atomic E-state index is 11.2. The van der Waals surface area contributed by atoms with Crippen LogP contribution in [0, 0.1) is 0 Å². The van der Waals surface area contributed by atoms with E-state index in [-0.39, 0.29) is 5.75 Å². The molecular formula is C10H23NO2S2. The standard InChI is InChI=1S/C10H23NO2S2/c1-4-14-9-10(3)11-7-6-8-15(12,13)5-2/h10-11H,4-9H2,1-3H3. The van der Waals surface area contributed by atoms with Crippen LogP contribution in [0.3, 0.4) is 0 Å². The third-order valence-electron chi connectivity index (χ3n) is 2.14. The lowest BCUT2D eigenvalue weighted by molar-refractivity contribution is 0.572. The van der Waals surface area contributed by atoms with Gasteiger partial charge in [0.1, 0.15) is 9.84 Å². The van der Waals surface area contributed by atoms with Crippen LogP contribution in [0.2, 0.25) is 0 Å². The molecule has 1 N–H and O–H groups in total. The smallest absolute Gasteiger partial charge is 0.150 e. The molecule has 0 radical (unpaired) electrons. The Bertz CT molecular complexity index is 240. The molecule has 0 saturated heterocycles. The molecule has 0 aromatic carbocycles. The highest BCUT2D eigenvalue weighted by Crippen LogP contribution is 2.01. The van der Waals surface area contributed by atoms with Gasteiger partial charge >= 0.3 is 0 Å². The summed E-state index contributed by atoms with van der Waals surface area (Å²) in [7, 11) is -2.78. The molecule has 5 heteroatoms. The van der Waals surface area contributed by atoms with Crippen molar-refractivity contribution < 1.29 is 8.42 Å². The number of rotatable bonds is 9. The first-order chi connectivity index (χ1) is 7.02. The van der Waals surface area contributed by atoms with E-state index in [2.05, 4.69) is 19.2 Å². The number of hydrogen-bond donors (Lipinski definition) is 1. The van der Waals surface area contributed by atoms with Crippen molar-refractivity contribution in [3.05, 3.63) is 0 Å². The van der Waals surface area contributed by atoms with Gasteiger partial charge in [0.2, 0.25) is 0 Å². The Morgan fingerprint density at radius 3 is 2.53 bits per heavy atom. The predicted molar refractivity (Wildman–Crippen MR) is 69.4 cm³/mol. The normalized spacial score (nSPS) is 14.1. The van der Waals surface area contributed by atoms with E-state index in [1.54, 1.807) is 6.92 Å². The molecule has 1 unspecified atom stereocenters. The van der Waals surface area contributed by atoms with Crippen LogP contribution in [-0.2, 0) is 9.84 Å². The summed E-state index contributed by atoms with van der Waals surface area (Å²) in [5, 5.41) is 3.33. The Balaban J connectivity index is 3.46. The quantitative estimate of drug-likeness (QED) is 0.633. The molecule has 92 valence electrons. The Labute approximate surface area is 98.3 Å². The van der Waals surface area contributed by atoms with Crippen molar-refractivity contribution >= 4 is 21.6 Å². The molecule has 0 rings (SSSR count). The van der Waals surface area contributed by atoms with Gasteiger partial charge in [-0.3, -0.25) is 0 Å². The van der Waals surface area contributed by atoms with Crippen LogP contribution < -0.4 is 5.32 Å². The van der Waals surface area contributed by atoms with Gasteiger partial charge in [-0.05, 0) is 25.6 Å². The lowest BCUT2D eigenvalue weighted by atomic mass is 10.3. The van der Waals surface area contributed by atoms with Crippen molar-refractivity contribution in [3.63, 3.8) is 0 Å². The van der Waals surface area contributed by atoms with Gasteiger partial charge in [-0.1, -0.05) is 13.8 Å². The summed E-state index contributed by atoms with van der Waals surface area (Å²) in [6.07, 6.45) is 0.720. The molecule has 0 aromatic rings. The van der Waals surface area contributed by atoms with Crippen LogP contribution in [0.4, 0.5) is 0 Å². The fourth-order valence-corrected chi connectivity index (χ4v) is 2.72. The molecule has 0 heterocycles. The second-order valence-corrected chi connectivity index (χ2v) is 7.40. The van der Waals surface area contributed by atoms with Crippen molar-refractivity contribution in [2.45, 2.75) is 33.2 Å². The van der Waals surface area contributed by atoms with Crippen molar-refractivity contribution in [3.8, 4) is 0 Å². The molecule has 15 heavy (non-hydrogen) atoms. The summed E-state index contributed by atoms with van der Waals surface area (Å²) in [5.41, 5.74) is 0. The zero-order valence-electron chi connectivity index (χ0n) is 9.95. The fraction of sp³-hybridized carbons (Fsp3) is 1.00. The lowest BCUT2D eigenvalue weighted by Gasteiger charge is -2.12. The maximum Gasteiger partial charge on any atom is 0.150 e. The molecule has 0 amide bonds. The van der Waals surface area contributed by atoms with Gasteiger partial charge < -0.3 is 5.32 Å². The van der Waals surface area contributed by atoms with Crippen LogP contribution in [-0.4, -0.2) is 44.0 Å². The topological polar surface area (TPSA) is 46.2 Å². The van der Waals surface area contributed by atoms with E-state index < -0.39 is 9.84 Å². The zero-order valence-corrected chi connectivity index (χ0v) is 11.6. The monoisotopic (exact) mass is 253 g/mol. The number of nitrogens with one attached hydrogen (secondary N) is 1. The molecule has 0 fully saturated rings. The van der Waals surface area contributed by atoms with Crippen molar-refractivity contribution in [1.82, 2.24) is 5.32 Å². The minimum atomic E-state index is -2.78. The number of hydrogen-bond acceptors (Lipinski definition) is 4. The molecule has 1 atom stereocenters. The van der Waals surface area contributed by atoms with Gasteiger partial charge in [-0.15, -0.1) is 0 Å². The van der Waals surface area contributed by atoms with Gasteiger partial charge in [0.15, 0.2) is 0 Å². The van der Waals surface area contributed by atoms with Gasteiger partial charge in [0.05, 0.1) is 5.75 Å². The molecule has 3 nitrogen and oxygen atoms in total. The molecule has 0 aliphatic rings. The molecule has 0 spiro atoms. The van der Waals surface area contributed by atoms with Crippen LogP contribution >= 0.6 is 11.8 Å². The first kappa shape index (κ1) is 15.3. The van der Waals surface area contributed by atoms with E-state index >= 15 is 0 Å². The summed E-state index contributed by atoms with van der Waals surface area (Å²) in [6.45, 7) is 6.77. The van der Waals surface area contributed by atoms with Gasteiger partial charge in [-0.2, -0.15) is 11.8 Å². The van der Waals surface area contributed by atoms with Gasteiger partial charge in [0.25, 0.3) is 0 Å². The summed E-state index contributed by atoms with van der Waals surface area (Å²) >= 11 is 1.90. The van der Waals surface area contributed by atoms with E-state index in [9.17, 15) is 8.42 Å². The number of thioether (sulfide) groups is 1. The average Bonchev–Trinajstić information content (AvgIpc) is 2.21. The maximum atomic E-state index is 11.2. The molecule has 0 aromatic heterocycles. The summed E-state index contributed by atoms with van der Waals surface area (Å²) in [5.74, 6) is 2.80. The van der Waals surface area contributed by atoms with Crippen molar-refractivity contribution in [2.24, 2.45) is 0 Å². The predicted octanol–water partition coefficient (Wildman–Crippen LogP) is 1.54. The Hall–Kier alpha value is 0.260. The molecule has 0 bridgehead atoms. The SMILES string of the molecule is CCSCC(C)NCCCS(=O)(=O)CC. The minimum Gasteiger partial charge on any atom is -0.313 e. The highest BCUT2D eigenvalue weighted by Gasteiger charge is 2.07. The van der Waals surface area contributed by atoms with E-state index in [1.165, 1.54) is 0 Å². The van der Waals surface area contributed by atoms with Crippen LogP contribution in [0.15, 0.2) is 0 Å². The second kappa shape index (κ2) is 8.42. The highest BCUT2D eigenvalue weighted by atomic mass is 32.2. The Morgan fingerprint density at radius 2 is 2.00 bits per heavy atom. The zero-order chi connectivity index (χ0) is 11.7. The highest BCUT2D eigenvalue weighted by molar-refractivity contribution is 7.99. The van der Waals surface area contributed by atoms with Crippen LogP contribution in [0.5, 0.6) is 0 Å². The van der Waals surface area contributed by atoms with Crippen LogP contribution in [0.1, 0.15) is 27.2 Å². The van der Waals surface area contributed by atoms with Crippen molar-refractivity contribution in [2.75, 3.05) is 29.6 Å². The second-order valence-electron chi connectivity index (χ2n) is 3.60. The first-order valence-corrected chi connectivity index (χ1v) is 8.51. The third-order valence-corrected chi connectivity index (χ3v) is 5.07. The summed E-state index contributed by atoms with van der Waals surface area (Å²) in [6, 6.07) is 0.472. The van der Waals surface area contributed by atoms with Crippen LogP contribution in [0.25, 0.3) is 0 Å². The molecular weight excluding hydrogens is 230 g/mol. The summed E-state index contributed by atoms with van der Waals surface area (Å²) in [4.78, 5) is 0. The van der Waals surface area contributed by atoms with E-state index in [0.29, 0.717) is 11.8 Å². The lowest BCUT2D eigenvalue weighted by Crippen LogP contribution is -2.30. The number of sulfone groups is 1. The molecule has 0 aliphatic carbocycles. The molecule has 0 aliphatic heterocycles. The Morgan fingerprint density at radius 1 is 1.33 bits per heavy atom. The molecule has 0 saturated carbocycles. The Kier molecular flexibility index (Phi) is 8.56. The van der Waals surface area contributed by atoms with E-state index in [1.807, 2.05) is 11.8 Å². The fourth-order valence-electron chi connectivity index (χ4n) is 1.14.